The zero-order valence-electron chi connectivity index (χ0n) is 64.7. The smallest absolute Gasteiger partial charge is 0.245 e. The molecule has 1 aromatic carbocycles. The molecular weight excluding hydrogens is 1410 g/mol. The highest BCUT2D eigenvalue weighted by Gasteiger charge is 2.38. The monoisotopic (exact) mass is 1540 g/mol. The van der Waals surface area contributed by atoms with E-state index in [2.05, 4.69) is 81.4 Å². The highest BCUT2D eigenvalue weighted by Crippen LogP contribution is 2.14. The Bertz CT molecular complexity index is 2970. The van der Waals surface area contributed by atoms with Crippen LogP contribution in [-0.2, 0) is 78.3 Å². The molecule has 0 saturated carbocycles. The van der Waals surface area contributed by atoms with Gasteiger partial charge in [-0.2, -0.15) is 0 Å². The number of unbranched alkanes of at least 4 members (excludes halogenated alkanes) is 7. The van der Waals surface area contributed by atoms with Gasteiger partial charge >= 0.3 is 0 Å². The van der Waals surface area contributed by atoms with Crippen molar-refractivity contribution in [3.63, 3.8) is 0 Å². The van der Waals surface area contributed by atoms with Crippen LogP contribution in [0.15, 0.2) is 30.3 Å². The van der Waals surface area contributed by atoms with Crippen LogP contribution in [0.4, 0.5) is 0 Å². The van der Waals surface area contributed by atoms with Gasteiger partial charge in [0.05, 0.1) is 32.0 Å². The molecule has 1 aliphatic heterocycles. The number of hydrogen-bond donors (Lipinski definition) is 21. The number of rotatable bonds is 48. The van der Waals surface area contributed by atoms with Crippen LogP contribution in [0.3, 0.4) is 0 Å². The molecule has 1 saturated heterocycles. The van der Waals surface area contributed by atoms with E-state index < -0.39 is 163 Å². The van der Waals surface area contributed by atoms with Crippen molar-refractivity contribution in [2.75, 3.05) is 72.1 Å². The summed E-state index contributed by atoms with van der Waals surface area (Å²) in [6.07, 6.45) is 3.36. The van der Waals surface area contributed by atoms with Gasteiger partial charge in [0.1, 0.15) is 72.2 Å². The van der Waals surface area contributed by atoms with Crippen LogP contribution in [0.1, 0.15) is 182 Å². The summed E-state index contributed by atoms with van der Waals surface area (Å²) < 4.78 is 5.60. The normalized spacial score (nSPS) is 20.3. The summed E-state index contributed by atoms with van der Waals surface area (Å²) in [5.74, 6) is -11.2. The molecule has 36 nitrogen and oxygen atoms in total. The number of hydrogen-bond acceptors (Lipinski definition) is 23. The summed E-state index contributed by atoms with van der Waals surface area (Å²) >= 11 is 0. The molecule has 0 spiro atoms. The van der Waals surface area contributed by atoms with Crippen molar-refractivity contribution in [3.8, 4) is 0 Å². The average molecular weight is 1540 g/mol. The molecule has 0 radical (unpaired) electrons. The Labute approximate surface area is 640 Å². The number of carbonyl (C=O) groups excluding carboxylic acids is 14. The van der Waals surface area contributed by atoms with E-state index in [9.17, 15) is 77.3 Å². The second-order valence-corrected chi connectivity index (χ2v) is 28.0. The summed E-state index contributed by atoms with van der Waals surface area (Å²) in [6, 6.07) is -7.95. The van der Waals surface area contributed by atoms with Crippen LogP contribution in [-0.4, -0.2) is 244 Å². The summed E-state index contributed by atoms with van der Waals surface area (Å²) in [5, 5.41) is 59.0. The highest BCUT2D eigenvalue weighted by atomic mass is 16.5. The van der Waals surface area contributed by atoms with E-state index in [1.807, 2.05) is 0 Å². The van der Waals surface area contributed by atoms with Crippen LogP contribution < -0.4 is 103 Å². The molecular formula is C73H129N19O17. The Hall–Kier alpha value is -8.36. The molecule has 0 unspecified atom stereocenters. The number of benzene rings is 1. The lowest BCUT2D eigenvalue weighted by Crippen LogP contribution is -2.62. The molecule has 1 heterocycles. The molecule has 618 valence electrons. The number of nitrogens with two attached hydrogens (primary N) is 5. The fourth-order valence-corrected chi connectivity index (χ4v) is 11.7. The maximum Gasteiger partial charge on any atom is 0.245 e. The van der Waals surface area contributed by atoms with Gasteiger partial charge in [-0.1, -0.05) is 96.0 Å². The molecule has 1 fully saturated rings. The number of amides is 13. The zero-order valence-corrected chi connectivity index (χ0v) is 64.7. The molecule has 0 aromatic heterocycles. The minimum absolute atomic E-state index is 0.0109. The lowest BCUT2D eigenvalue weighted by molar-refractivity contribution is -0.137. The molecule has 109 heavy (non-hydrogen) atoms. The third-order valence-electron chi connectivity index (χ3n) is 17.8. The SMILES string of the molecule is CCCCCCCC[C@H](NC(=O)CCOCCNC(=O)CCCCCNCC(C)=O)C(=O)N[C@@H](CCN)C(=O)N[C@H](C(=O)N[C@@H](CCN)C(=O)N[C@H]1CCNC(=O)[C@H]([C@@H](C)O)NC(=O)[C@H](CCN)NC(=O)[C@H](CCCN)NC(=O)[C@H](CC(C)C)NC(=O)[C@@H](Cc2ccccc2)NC(=O)[C@H](CCCN)NC1=O)[C@@H](C)O. The van der Waals surface area contributed by atoms with Crippen molar-refractivity contribution < 1.29 is 82.1 Å². The predicted octanol–water partition coefficient (Wildman–Crippen LogP) is -4.57. The van der Waals surface area contributed by atoms with Gasteiger partial charge in [0, 0.05) is 32.4 Å². The summed E-state index contributed by atoms with van der Waals surface area (Å²) in [6.45, 7) is 9.78. The Morgan fingerprint density at radius 2 is 1.05 bits per heavy atom. The van der Waals surface area contributed by atoms with E-state index in [-0.39, 0.29) is 141 Å². The average Bonchev–Trinajstić information content (AvgIpc) is 1.15. The van der Waals surface area contributed by atoms with Gasteiger partial charge in [-0.25, -0.2) is 0 Å². The minimum Gasteiger partial charge on any atom is -0.391 e. The quantitative estimate of drug-likeness (QED) is 0.0273. The van der Waals surface area contributed by atoms with E-state index >= 15 is 0 Å². The first-order valence-electron chi connectivity index (χ1n) is 38.6. The number of Topliss-reactive ketones (excluding diaryl/α,β-unsaturated/α-hetero) is 1. The Morgan fingerprint density at radius 3 is 1.63 bits per heavy atom. The number of carbonyl (C=O) groups is 14. The van der Waals surface area contributed by atoms with Crippen molar-refractivity contribution >= 4 is 82.6 Å². The standard InChI is InChI=1S/C73H129N19O17/c1-7-8-9-10-11-16-23-50(82-60(97)31-40-109-41-39-80-59(96)26-17-13-18-37-79-44-46(4)93)63(98)85-55(29-36-78)69(104)92-62(48(6)95)73(108)88-53(27-34-76)66(101)87-56-30-38-81-72(107)61(47(5)94)91-68(103)54(28-35-77)86-64(99)51(24-19-32-74)84-70(105)57(42-45(2)3)89-71(106)58(43-49-21-14-12-15-22-49)90-65(100)52(25-20-33-75)83-67(56)102/h12,14-15,21-22,45,47-48,50-58,61-62,79,94-95H,7-11,13,16-20,23-44,74-78H2,1-6H3,(H,80,96)(H,81,107)(H,82,97)(H,83,102)(H,84,105)(H,85,98)(H,86,99)(H,87,101)(H,88,108)(H,89,106)(H,90,100)(H,91,103)(H,92,104)/t47-,48-,50+,51+,52+,53+,54+,55+,56+,57+,58-,61+,62+/m1/s1. The maximum atomic E-state index is 14.8. The van der Waals surface area contributed by atoms with Gasteiger partial charge < -0.3 is 118 Å². The first kappa shape index (κ1) is 96.7. The van der Waals surface area contributed by atoms with E-state index in [1.54, 1.807) is 44.2 Å². The molecule has 0 bridgehead atoms. The molecule has 2 rings (SSSR count). The third kappa shape index (κ3) is 40.2. The van der Waals surface area contributed by atoms with E-state index in [4.69, 9.17) is 33.4 Å². The van der Waals surface area contributed by atoms with Gasteiger partial charge in [0.15, 0.2) is 0 Å². The van der Waals surface area contributed by atoms with Crippen LogP contribution in [0.5, 0.6) is 0 Å². The number of nitrogens with one attached hydrogen (secondary N) is 14. The van der Waals surface area contributed by atoms with Crippen LogP contribution >= 0.6 is 0 Å². The van der Waals surface area contributed by atoms with Crippen molar-refractivity contribution in [1.82, 2.24) is 74.4 Å². The van der Waals surface area contributed by atoms with Crippen molar-refractivity contribution in [3.05, 3.63) is 35.9 Å². The topological polar surface area (TPSA) is 587 Å². The number of aliphatic hydroxyl groups is 2. The summed E-state index contributed by atoms with van der Waals surface area (Å²) in [7, 11) is 0. The highest BCUT2D eigenvalue weighted by molar-refractivity contribution is 6.00. The fourth-order valence-electron chi connectivity index (χ4n) is 11.7. The number of aliphatic hydroxyl groups excluding tert-OH is 2. The van der Waals surface area contributed by atoms with Gasteiger partial charge in [0.2, 0.25) is 76.8 Å². The van der Waals surface area contributed by atoms with Crippen molar-refractivity contribution in [2.24, 2.45) is 34.6 Å². The fraction of sp³-hybridized carbons (Fsp3) is 0.726. The lowest BCUT2D eigenvalue weighted by atomic mass is 10.00. The lowest BCUT2D eigenvalue weighted by Gasteiger charge is -2.29. The Kier molecular flexibility index (Phi) is 49.6. The molecule has 1 aromatic rings. The zero-order chi connectivity index (χ0) is 81.2. The van der Waals surface area contributed by atoms with Gasteiger partial charge in [0.25, 0.3) is 0 Å². The second-order valence-electron chi connectivity index (χ2n) is 28.0. The predicted molar refractivity (Wildman–Crippen MR) is 408 cm³/mol. The minimum atomic E-state index is -1.83. The van der Waals surface area contributed by atoms with Crippen molar-refractivity contribution in [2.45, 2.75) is 261 Å². The molecule has 36 heteroatoms. The molecule has 13 atom stereocenters. The van der Waals surface area contributed by atoms with Crippen LogP contribution in [0, 0.1) is 5.92 Å². The first-order valence-corrected chi connectivity index (χ1v) is 38.6. The van der Waals surface area contributed by atoms with Crippen molar-refractivity contribution in [1.29, 1.82) is 0 Å². The number of ether oxygens (including phenoxy) is 1. The van der Waals surface area contributed by atoms with E-state index in [0.717, 1.165) is 44.9 Å². The number of ketones is 1. The van der Waals surface area contributed by atoms with Gasteiger partial charge in [-0.05, 0) is 149 Å². The largest absolute Gasteiger partial charge is 0.391 e. The Morgan fingerprint density at radius 1 is 0.514 bits per heavy atom. The second kappa shape index (κ2) is 55.9. The molecule has 13 amide bonds. The first-order chi connectivity index (χ1) is 52.0. The van der Waals surface area contributed by atoms with Gasteiger partial charge in [-0.15, -0.1) is 0 Å². The molecule has 26 N–H and O–H groups in total. The Balaban J connectivity index is 2.56. The van der Waals surface area contributed by atoms with Crippen LogP contribution in [0.2, 0.25) is 0 Å². The summed E-state index contributed by atoms with van der Waals surface area (Å²) in [4.78, 5) is 195. The van der Waals surface area contributed by atoms with E-state index in [0.29, 0.717) is 37.9 Å². The molecule has 0 aliphatic carbocycles. The van der Waals surface area contributed by atoms with Crippen LogP contribution in [0.25, 0.3) is 0 Å². The molecule has 1 aliphatic rings. The third-order valence-corrected chi connectivity index (χ3v) is 17.8. The maximum absolute atomic E-state index is 14.8. The summed E-state index contributed by atoms with van der Waals surface area (Å²) in [5.41, 5.74) is 30.2. The van der Waals surface area contributed by atoms with E-state index in [1.165, 1.54) is 20.8 Å². The van der Waals surface area contributed by atoms with Gasteiger partial charge in [-0.3, -0.25) is 67.1 Å².